The van der Waals surface area contributed by atoms with Crippen molar-refractivity contribution >= 4 is 11.9 Å². The number of carbonyl (C=O) groups is 1. The third-order valence-corrected chi connectivity index (χ3v) is 3.98. The Morgan fingerprint density at radius 3 is 2.54 bits per heavy atom. The highest BCUT2D eigenvalue weighted by molar-refractivity contribution is 6.05. The highest BCUT2D eigenvalue weighted by Crippen LogP contribution is 2.24. The summed E-state index contributed by atoms with van der Waals surface area (Å²) < 4.78 is 5.01. The smallest absolute Gasteiger partial charge is 0.339 e. The molecule has 5 nitrogen and oxygen atoms in total. The fourth-order valence-corrected chi connectivity index (χ4v) is 2.61. The summed E-state index contributed by atoms with van der Waals surface area (Å²) in [6.07, 6.45) is 6.02. The maximum Gasteiger partial charge on any atom is 0.339 e. The minimum Gasteiger partial charge on any atom is -0.508 e. The van der Waals surface area contributed by atoms with E-state index >= 15 is 0 Å². The highest BCUT2D eigenvalue weighted by Gasteiger charge is 2.15. The Balaban J connectivity index is 3.01. The van der Waals surface area contributed by atoms with Crippen molar-refractivity contribution in [2.45, 2.75) is 59.0 Å². The predicted molar refractivity (Wildman–Crippen MR) is 93.8 cm³/mol. The topological polar surface area (TPSA) is 87.7 Å². The van der Waals surface area contributed by atoms with E-state index in [0.29, 0.717) is 25.0 Å². The summed E-state index contributed by atoms with van der Waals surface area (Å²) in [5, 5.41) is 19.5. The molecule has 0 aliphatic carbocycles. The van der Waals surface area contributed by atoms with Crippen molar-refractivity contribution in [3.05, 3.63) is 34.4 Å². The summed E-state index contributed by atoms with van der Waals surface area (Å²) in [7, 11) is 0. The van der Waals surface area contributed by atoms with Gasteiger partial charge in [-0.1, -0.05) is 39.7 Å². The van der Waals surface area contributed by atoms with Crippen LogP contribution in [0.25, 0.3) is 5.57 Å². The first-order valence-corrected chi connectivity index (χ1v) is 8.55. The van der Waals surface area contributed by atoms with Gasteiger partial charge >= 0.3 is 5.63 Å². The lowest BCUT2D eigenvalue weighted by atomic mass is 9.90. The van der Waals surface area contributed by atoms with Gasteiger partial charge in [0.2, 0.25) is 0 Å². The molecule has 0 spiro atoms. The molecule has 0 saturated carbocycles. The Labute approximate surface area is 143 Å². The van der Waals surface area contributed by atoms with Crippen molar-refractivity contribution in [3.63, 3.8) is 0 Å². The van der Waals surface area contributed by atoms with Gasteiger partial charge in [0.1, 0.15) is 11.5 Å². The van der Waals surface area contributed by atoms with E-state index in [-0.39, 0.29) is 23.0 Å². The molecule has 1 heterocycles. The van der Waals surface area contributed by atoms with Crippen LogP contribution < -0.4 is 5.63 Å². The Morgan fingerprint density at radius 1 is 1.29 bits per heavy atom. The summed E-state index contributed by atoms with van der Waals surface area (Å²) in [4.78, 5) is 22.8. The molecule has 24 heavy (non-hydrogen) atoms. The van der Waals surface area contributed by atoms with Crippen LogP contribution in [-0.2, 0) is 4.79 Å². The van der Waals surface area contributed by atoms with E-state index in [4.69, 9.17) is 4.42 Å². The molecule has 5 heteroatoms. The average molecular weight is 336 g/mol. The van der Waals surface area contributed by atoms with Gasteiger partial charge in [0.15, 0.2) is 6.29 Å². The lowest BCUT2D eigenvalue weighted by Crippen LogP contribution is -2.12. The molecule has 2 unspecified atom stereocenters. The maximum atomic E-state index is 11.4. The number of hydrogen-bond acceptors (Lipinski definition) is 5. The molecule has 0 aromatic carbocycles. The maximum absolute atomic E-state index is 11.4. The first-order chi connectivity index (χ1) is 11.3. The third kappa shape index (κ3) is 7.13. The summed E-state index contributed by atoms with van der Waals surface area (Å²) in [5.74, 6) is 0.417. The van der Waals surface area contributed by atoms with E-state index in [0.717, 1.165) is 25.3 Å². The molecule has 1 aromatic heterocycles. The van der Waals surface area contributed by atoms with Gasteiger partial charge in [0.25, 0.3) is 0 Å². The monoisotopic (exact) mass is 336 g/mol. The Bertz CT molecular complexity index is 600. The van der Waals surface area contributed by atoms with Crippen molar-refractivity contribution in [1.82, 2.24) is 0 Å². The molecule has 134 valence electrons. The summed E-state index contributed by atoms with van der Waals surface area (Å²) in [6.45, 7) is 6.22. The van der Waals surface area contributed by atoms with Crippen LogP contribution in [0.4, 0.5) is 0 Å². The van der Waals surface area contributed by atoms with Gasteiger partial charge in [0, 0.05) is 6.07 Å². The Kier molecular flexibility index (Phi) is 8.47. The molecule has 2 atom stereocenters. The first kappa shape index (κ1) is 20.2. The van der Waals surface area contributed by atoms with Crippen LogP contribution >= 0.6 is 0 Å². The lowest BCUT2D eigenvalue weighted by Gasteiger charge is -2.17. The minimum atomic E-state index is -0.706. The third-order valence-electron chi connectivity index (χ3n) is 3.98. The van der Waals surface area contributed by atoms with Gasteiger partial charge in [-0.15, -0.1) is 0 Å². The van der Waals surface area contributed by atoms with Crippen LogP contribution in [0.1, 0.15) is 58.6 Å². The van der Waals surface area contributed by atoms with Crippen LogP contribution in [0.5, 0.6) is 5.75 Å². The van der Waals surface area contributed by atoms with Crippen molar-refractivity contribution in [2.75, 3.05) is 0 Å². The van der Waals surface area contributed by atoms with Gasteiger partial charge in [-0.3, -0.25) is 4.79 Å². The average Bonchev–Trinajstić information content (AvgIpc) is 2.50. The summed E-state index contributed by atoms with van der Waals surface area (Å²) >= 11 is 0. The molecule has 0 radical (unpaired) electrons. The Hall–Kier alpha value is -1.88. The Morgan fingerprint density at radius 2 is 2.00 bits per heavy atom. The molecular formula is C19H28O5. The van der Waals surface area contributed by atoms with Gasteiger partial charge in [-0.05, 0) is 31.1 Å². The van der Waals surface area contributed by atoms with E-state index in [9.17, 15) is 19.8 Å². The van der Waals surface area contributed by atoms with Crippen LogP contribution in [0.2, 0.25) is 0 Å². The number of aliphatic hydroxyl groups excluding tert-OH is 1. The van der Waals surface area contributed by atoms with Crippen LogP contribution in [0.15, 0.2) is 27.4 Å². The zero-order chi connectivity index (χ0) is 18.1. The van der Waals surface area contributed by atoms with E-state index in [2.05, 4.69) is 13.8 Å². The normalized spacial score (nSPS) is 14.6. The van der Waals surface area contributed by atoms with E-state index in [1.54, 1.807) is 6.08 Å². The molecule has 2 N–H and O–H groups in total. The molecule has 0 saturated heterocycles. The molecule has 0 aliphatic rings. The predicted octanol–water partition coefficient (Wildman–Crippen LogP) is 3.53. The summed E-state index contributed by atoms with van der Waals surface area (Å²) in [6, 6.07) is 2.20. The second-order valence-corrected chi connectivity index (χ2v) is 6.62. The largest absolute Gasteiger partial charge is 0.508 e. The van der Waals surface area contributed by atoms with Gasteiger partial charge in [-0.25, -0.2) is 4.79 Å². The fourth-order valence-electron chi connectivity index (χ4n) is 2.61. The number of hydrogen-bond donors (Lipinski definition) is 2. The van der Waals surface area contributed by atoms with E-state index < -0.39 is 11.7 Å². The number of allylic oxidation sites excluding steroid dienone is 2. The van der Waals surface area contributed by atoms with Crippen molar-refractivity contribution in [3.8, 4) is 5.75 Å². The second kappa shape index (κ2) is 10.1. The SMILES string of the molecule is CCC(O)CC(C=C(C=O)c1cc(O)cc(=O)o1)CCCC(C)C. The van der Waals surface area contributed by atoms with E-state index in [1.807, 2.05) is 6.92 Å². The number of aliphatic hydroxyl groups is 1. The minimum absolute atomic E-state index is 0.00607. The fraction of sp³-hybridized carbons (Fsp3) is 0.579. The zero-order valence-electron chi connectivity index (χ0n) is 14.7. The number of rotatable bonds is 10. The van der Waals surface area contributed by atoms with Gasteiger partial charge in [0.05, 0.1) is 17.7 Å². The lowest BCUT2D eigenvalue weighted by molar-refractivity contribution is -0.103. The first-order valence-electron chi connectivity index (χ1n) is 8.55. The number of aromatic hydroxyl groups is 1. The summed E-state index contributed by atoms with van der Waals surface area (Å²) in [5.41, 5.74) is -0.483. The molecule has 0 amide bonds. The van der Waals surface area contributed by atoms with Gasteiger partial charge in [-0.2, -0.15) is 0 Å². The van der Waals surface area contributed by atoms with Crippen molar-refractivity contribution in [1.29, 1.82) is 0 Å². The van der Waals surface area contributed by atoms with E-state index in [1.165, 1.54) is 6.07 Å². The number of aldehydes is 1. The van der Waals surface area contributed by atoms with Crippen molar-refractivity contribution in [2.24, 2.45) is 11.8 Å². The van der Waals surface area contributed by atoms with Gasteiger partial charge < -0.3 is 14.6 Å². The van der Waals surface area contributed by atoms with Crippen LogP contribution in [0, 0.1) is 11.8 Å². The molecule has 0 aliphatic heterocycles. The molecule has 0 fully saturated rings. The van der Waals surface area contributed by atoms with Crippen LogP contribution in [0.3, 0.4) is 0 Å². The zero-order valence-corrected chi connectivity index (χ0v) is 14.7. The second-order valence-electron chi connectivity index (χ2n) is 6.62. The van der Waals surface area contributed by atoms with Crippen molar-refractivity contribution < 1.29 is 19.4 Å². The molecule has 1 rings (SSSR count). The quantitative estimate of drug-likeness (QED) is 0.504. The highest BCUT2D eigenvalue weighted by atomic mass is 16.4. The molecule has 0 bridgehead atoms. The molecule has 1 aromatic rings. The number of carbonyl (C=O) groups excluding carboxylic acids is 1. The van der Waals surface area contributed by atoms with Crippen LogP contribution in [-0.4, -0.2) is 22.6 Å². The molecular weight excluding hydrogens is 308 g/mol. The standard InChI is InChI=1S/C19H28O5/c1-4-16(21)9-14(7-5-6-13(2)3)8-15(12-20)18-10-17(22)11-19(23)24-18/h8,10-14,16,21-22H,4-7,9H2,1-3H3.